The first-order chi connectivity index (χ1) is 13.5. The van der Waals surface area contributed by atoms with E-state index in [4.69, 9.17) is 9.47 Å². The zero-order valence-corrected chi connectivity index (χ0v) is 15.5. The van der Waals surface area contributed by atoms with Crippen molar-refractivity contribution in [3.8, 4) is 11.5 Å². The first kappa shape index (κ1) is 18.3. The zero-order valence-electron chi connectivity index (χ0n) is 15.5. The molecule has 0 bridgehead atoms. The fourth-order valence-electron chi connectivity index (χ4n) is 3.73. The number of nitrogens with zero attached hydrogens (tertiary/aromatic N) is 1. The molecule has 1 saturated heterocycles. The number of carbonyl (C=O) groups excluding carboxylic acids is 2. The molecule has 0 radical (unpaired) electrons. The van der Waals surface area contributed by atoms with Crippen molar-refractivity contribution in [2.45, 2.75) is 13.3 Å². The van der Waals surface area contributed by atoms with Gasteiger partial charge in [-0.1, -0.05) is 18.2 Å². The number of hydrogen-bond donors (Lipinski definition) is 1. The van der Waals surface area contributed by atoms with Gasteiger partial charge in [0.25, 0.3) is 5.91 Å². The van der Waals surface area contributed by atoms with Gasteiger partial charge in [-0.3, -0.25) is 9.59 Å². The number of ether oxygens (including phenoxy) is 2. The maximum atomic E-state index is 14.1. The van der Waals surface area contributed by atoms with E-state index in [2.05, 4.69) is 5.32 Å². The van der Waals surface area contributed by atoms with E-state index in [1.165, 1.54) is 6.07 Å². The summed E-state index contributed by atoms with van der Waals surface area (Å²) in [5.41, 5.74) is 0.119. The molecule has 6 nitrogen and oxygen atoms in total. The van der Waals surface area contributed by atoms with E-state index < -0.39 is 5.41 Å². The van der Waals surface area contributed by atoms with Crippen molar-refractivity contribution in [3.63, 3.8) is 0 Å². The predicted octanol–water partition coefficient (Wildman–Crippen LogP) is 2.38. The predicted molar refractivity (Wildman–Crippen MR) is 99.7 cm³/mol. The molecular formula is C21H21FN2O4. The SMILES string of the molecule is CCNC(=O)C1(Cc2ccccc2F)CN(C(=O)c2ccc3c(c2)OCO3)C1. The van der Waals surface area contributed by atoms with Gasteiger partial charge in [-0.15, -0.1) is 0 Å². The highest BCUT2D eigenvalue weighted by atomic mass is 19.1. The molecule has 2 heterocycles. The van der Waals surface area contributed by atoms with E-state index in [9.17, 15) is 14.0 Å². The van der Waals surface area contributed by atoms with Crippen LogP contribution in [0, 0.1) is 11.2 Å². The fraction of sp³-hybridized carbons (Fsp3) is 0.333. The minimum absolute atomic E-state index is 0.139. The number of benzene rings is 2. The molecule has 28 heavy (non-hydrogen) atoms. The summed E-state index contributed by atoms with van der Waals surface area (Å²) in [6.07, 6.45) is 0.246. The summed E-state index contributed by atoms with van der Waals surface area (Å²) in [4.78, 5) is 27.2. The van der Waals surface area contributed by atoms with Crippen molar-refractivity contribution in [3.05, 3.63) is 59.4 Å². The van der Waals surface area contributed by atoms with Gasteiger partial charge in [0, 0.05) is 25.2 Å². The van der Waals surface area contributed by atoms with Crippen LogP contribution in [-0.2, 0) is 11.2 Å². The molecule has 0 spiro atoms. The van der Waals surface area contributed by atoms with Gasteiger partial charge in [-0.2, -0.15) is 0 Å². The van der Waals surface area contributed by atoms with Crippen LogP contribution in [0.1, 0.15) is 22.8 Å². The molecule has 0 unspecified atom stereocenters. The van der Waals surface area contributed by atoms with Crippen LogP contribution in [0.25, 0.3) is 0 Å². The van der Waals surface area contributed by atoms with Crippen LogP contribution in [0.4, 0.5) is 4.39 Å². The summed E-state index contributed by atoms with van der Waals surface area (Å²) in [6.45, 7) is 2.93. The minimum atomic E-state index is -0.829. The van der Waals surface area contributed by atoms with Gasteiger partial charge in [0.05, 0.1) is 5.41 Å². The third-order valence-corrected chi connectivity index (χ3v) is 5.20. The van der Waals surface area contributed by atoms with E-state index in [1.807, 2.05) is 6.92 Å². The van der Waals surface area contributed by atoms with Crippen molar-refractivity contribution >= 4 is 11.8 Å². The highest BCUT2D eigenvalue weighted by Crippen LogP contribution is 2.38. The molecule has 2 aromatic carbocycles. The third-order valence-electron chi connectivity index (χ3n) is 5.20. The Hall–Kier alpha value is -3.09. The van der Waals surface area contributed by atoms with Crippen LogP contribution in [0.5, 0.6) is 11.5 Å². The summed E-state index contributed by atoms with van der Waals surface area (Å²) in [7, 11) is 0. The number of carbonyl (C=O) groups is 2. The molecule has 0 atom stereocenters. The molecule has 0 aliphatic carbocycles. The molecule has 2 aliphatic rings. The number of rotatable bonds is 5. The lowest BCUT2D eigenvalue weighted by Crippen LogP contribution is -2.65. The molecule has 1 fully saturated rings. The Morgan fingerprint density at radius 2 is 1.89 bits per heavy atom. The van der Waals surface area contributed by atoms with Gasteiger partial charge in [-0.25, -0.2) is 4.39 Å². The molecule has 0 aromatic heterocycles. The number of fused-ring (bicyclic) bond motifs is 1. The van der Waals surface area contributed by atoms with Gasteiger partial charge in [0.1, 0.15) is 5.82 Å². The standard InChI is InChI=1S/C21H21FN2O4/c1-2-23-20(26)21(10-15-5-3-4-6-16(15)22)11-24(12-21)19(25)14-7-8-17-18(9-14)28-13-27-17/h3-9H,2,10-13H2,1H3,(H,23,26). The molecule has 146 valence electrons. The number of halogens is 1. The number of nitrogens with one attached hydrogen (secondary N) is 1. The van der Waals surface area contributed by atoms with Gasteiger partial charge >= 0.3 is 0 Å². The average molecular weight is 384 g/mol. The Morgan fingerprint density at radius 3 is 2.64 bits per heavy atom. The lowest BCUT2D eigenvalue weighted by atomic mass is 9.73. The van der Waals surface area contributed by atoms with E-state index in [1.54, 1.807) is 41.3 Å². The normalized spacial score (nSPS) is 16.4. The molecule has 2 aromatic rings. The Kier molecular flexibility index (Phi) is 4.66. The third kappa shape index (κ3) is 3.17. The first-order valence-electron chi connectivity index (χ1n) is 9.23. The smallest absolute Gasteiger partial charge is 0.254 e. The van der Waals surface area contributed by atoms with Gasteiger partial charge < -0.3 is 19.7 Å². The van der Waals surface area contributed by atoms with Crippen molar-refractivity contribution < 1.29 is 23.5 Å². The molecule has 1 N–H and O–H groups in total. The number of hydrogen-bond acceptors (Lipinski definition) is 4. The maximum Gasteiger partial charge on any atom is 0.254 e. The second-order valence-corrected chi connectivity index (χ2v) is 7.14. The zero-order chi connectivity index (χ0) is 19.7. The molecule has 2 amide bonds. The van der Waals surface area contributed by atoms with Crippen LogP contribution >= 0.6 is 0 Å². The topological polar surface area (TPSA) is 67.9 Å². The summed E-state index contributed by atoms with van der Waals surface area (Å²) in [5.74, 6) is 0.454. The quantitative estimate of drug-likeness (QED) is 0.860. The fourth-order valence-corrected chi connectivity index (χ4v) is 3.73. The second kappa shape index (κ2) is 7.14. The number of likely N-dealkylation sites (tertiary alicyclic amines) is 1. The second-order valence-electron chi connectivity index (χ2n) is 7.14. The van der Waals surface area contributed by atoms with Crippen LogP contribution in [0.3, 0.4) is 0 Å². The van der Waals surface area contributed by atoms with Crippen molar-refractivity contribution in [1.29, 1.82) is 0 Å². The summed E-state index contributed by atoms with van der Waals surface area (Å²) in [6, 6.07) is 11.5. The highest BCUT2D eigenvalue weighted by Gasteiger charge is 2.51. The van der Waals surface area contributed by atoms with Gasteiger partial charge in [0.2, 0.25) is 12.7 Å². The van der Waals surface area contributed by atoms with E-state index in [0.29, 0.717) is 29.2 Å². The molecule has 0 saturated carbocycles. The molecule has 2 aliphatic heterocycles. The maximum absolute atomic E-state index is 14.1. The molecule has 4 rings (SSSR count). The van der Waals surface area contributed by atoms with Crippen LogP contribution in [0.2, 0.25) is 0 Å². The van der Waals surface area contributed by atoms with Crippen LogP contribution in [-0.4, -0.2) is 43.1 Å². The van der Waals surface area contributed by atoms with Crippen molar-refractivity contribution in [2.24, 2.45) is 5.41 Å². The molecular weight excluding hydrogens is 363 g/mol. The molecule has 7 heteroatoms. The van der Waals surface area contributed by atoms with E-state index in [-0.39, 0.29) is 43.9 Å². The van der Waals surface area contributed by atoms with E-state index in [0.717, 1.165) is 0 Å². The van der Waals surface area contributed by atoms with Crippen molar-refractivity contribution in [2.75, 3.05) is 26.4 Å². The Bertz CT molecular complexity index is 924. The lowest BCUT2D eigenvalue weighted by molar-refractivity contribution is -0.139. The van der Waals surface area contributed by atoms with E-state index >= 15 is 0 Å². The Balaban J connectivity index is 1.52. The lowest BCUT2D eigenvalue weighted by Gasteiger charge is -2.49. The van der Waals surface area contributed by atoms with Gasteiger partial charge in [-0.05, 0) is 43.2 Å². The first-order valence-corrected chi connectivity index (χ1v) is 9.23. The summed E-state index contributed by atoms with van der Waals surface area (Å²) >= 11 is 0. The average Bonchev–Trinajstić information content (AvgIpc) is 3.13. The monoisotopic (exact) mass is 384 g/mol. The largest absolute Gasteiger partial charge is 0.454 e. The highest BCUT2D eigenvalue weighted by molar-refractivity contribution is 5.97. The summed E-state index contributed by atoms with van der Waals surface area (Å²) in [5, 5.41) is 2.83. The minimum Gasteiger partial charge on any atom is -0.454 e. The van der Waals surface area contributed by atoms with Gasteiger partial charge in [0.15, 0.2) is 11.5 Å². The van der Waals surface area contributed by atoms with Crippen LogP contribution < -0.4 is 14.8 Å². The summed E-state index contributed by atoms with van der Waals surface area (Å²) < 4.78 is 24.7. The Morgan fingerprint density at radius 1 is 1.14 bits per heavy atom. The Labute approximate surface area is 162 Å². The van der Waals surface area contributed by atoms with Crippen molar-refractivity contribution in [1.82, 2.24) is 10.2 Å². The van der Waals surface area contributed by atoms with Crippen LogP contribution in [0.15, 0.2) is 42.5 Å². The number of amides is 2.